The third kappa shape index (κ3) is 6.05. The Labute approximate surface area is 172 Å². The van der Waals surface area contributed by atoms with Crippen molar-refractivity contribution in [3.05, 3.63) is 35.4 Å². The molecule has 0 bridgehead atoms. The second kappa shape index (κ2) is 11.0. The molecule has 1 heterocycles. The van der Waals surface area contributed by atoms with Crippen LogP contribution in [-0.2, 0) is 23.8 Å². The van der Waals surface area contributed by atoms with Crippen LogP contribution in [0.2, 0.25) is 0 Å². The van der Waals surface area contributed by atoms with E-state index in [-0.39, 0.29) is 0 Å². The molecule has 1 aromatic carbocycles. The van der Waals surface area contributed by atoms with Crippen LogP contribution in [-0.4, -0.2) is 58.8 Å². The van der Waals surface area contributed by atoms with Crippen molar-refractivity contribution < 1.29 is 4.21 Å². The highest BCUT2D eigenvalue weighted by Gasteiger charge is 2.26. The van der Waals surface area contributed by atoms with E-state index in [1.807, 2.05) is 14.0 Å². The first-order chi connectivity index (χ1) is 13.7. The molecule has 0 spiro atoms. The second-order valence-corrected chi connectivity index (χ2v) is 9.95. The first kappa shape index (κ1) is 21.3. The zero-order chi connectivity index (χ0) is 19.8. The van der Waals surface area contributed by atoms with E-state index in [1.54, 1.807) is 0 Å². The van der Waals surface area contributed by atoms with Gasteiger partial charge in [-0.25, -0.2) is 0 Å². The summed E-state index contributed by atoms with van der Waals surface area (Å²) in [7, 11) is 1.15. The minimum absolute atomic E-state index is 0.344. The Morgan fingerprint density at radius 2 is 2.11 bits per heavy atom. The molecular weight excluding hydrogens is 368 g/mol. The van der Waals surface area contributed by atoms with Crippen molar-refractivity contribution in [2.45, 2.75) is 63.3 Å². The molecule has 0 aromatic heterocycles. The third-order valence-corrected chi connectivity index (χ3v) is 7.74. The van der Waals surface area contributed by atoms with Crippen LogP contribution >= 0.6 is 0 Å². The Morgan fingerprint density at radius 1 is 1.29 bits per heavy atom. The number of guanidine groups is 1. The molecule has 6 heteroatoms. The van der Waals surface area contributed by atoms with E-state index in [0.29, 0.717) is 11.3 Å². The summed E-state index contributed by atoms with van der Waals surface area (Å²) in [6.07, 6.45) is 6.66. The van der Waals surface area contributed by atoms with Gasteiger partial charge in [-0.05, 0) is 43.2 Å². The lowest BCUT2D eigenvalue weighted by Gasteiger charge is -2.30. The fourth-order valence-electron chi connectivity index (χ4n) is 4.39. The summed E-state index contributed by atoms with van der Waals surface area (Å²) >= 11 is 0. The molecule has 3 rings (SSSR count). The molecular formula is C22H36N4OS. The van der Waals surface area contributed by atoms with Crippen molar-refractivity contribution in [1.29, 1.82) is 0 Å². The van der Waals surface area contributed by atoms with Gasteiger partial charge >= 0.3 is 0 Å². The lowest BCUT2D eigenvalue weighted by Crippen LogP contribution is -2.47. The molecule has 2 aliphatic rings. The molecule has 0 saturated heterocycles. The minimum atomic E-state index is -0.682. The molecule has 5 nitrogen and oxygen atoms in total. The predicted octanol–water partition coefficient (Wildman–Crippen LogP) is 2.68. The molecule has 1 fully saturated rings. The maximum atomic E-state index is 12.1. The van der Waals surface area contributed by atoms with Gasteiger partial charge in [-0.3, -0.25) is 14.1 Å². The molecule has 3 unspecified atom stereocenters. The monoisotopic (exact) mass is 404 g/mol. The molecule has 28 heavy (non-hydrogen) atoms. The maximum Gasteiger partial charge on any atom is 0.191 e. The Balaban J connectivity index is 1.36. The highest BCUT2D eigenvalue weighted by atomic mass is 32.2. The van der Waals surface area contributed by atoms with Crippen molar-refractivity contribution in [2.24, 2.45) is 4.99 Å². The van der Waals surface area contributed by atoms with E-state index in [2.05, 4.69) is 44.8 Å². The van der Waals surface area contributed by atoms with Crippen molar-refractivity contribution in [3.63, 3.8) is 0 Å². The highest BCUT2D eigenvalue weighted by molar-refractivity contribution is 7.85. The van der Waals surface area contributed by atoms with Crippen LogP contribution in [0.25, 0.3) is 0 Å². The Morgan fingerprint density at radius 3 is 2.89 bits per heavy atom. The molecule has 1 aliphatic carbocycles. The normalized spacial score (nSPS) is 24.4. The van der Waals surface area contributed by atoms with Crippen LogP contribution in [0.5, 0.6) is 0 Å². The first-order valence-corrected chi connectivity index (χ1v) is 12.2. The lowest BCUT2D eigenvalue weighted by atomic mass is 9.95. The SMILES string of the molecule is CCS(=O)C1CCCC(NC(=NC)NCCCN2CCc3ccccc3C2)C1. The summed E-state index contributed by atoms with van der Waals surface area (Å²) in [5, 5.41) is 7.37. The van der Waals surface area contributed by atoms with Crippen LogP contribution in [0, 0.1) is 0 Å². The molecule has 1 saturated carbocycles. The van der Waals surface area contributed by atoms with Crippen LogP contribution < -0.4 is 10.6 Å². The van der Waals surface area contributed by atoms with Crippen molar-refractivity contribution in [3.8, 4) is 0 Å². The van der Waals surface area contributed by atoms with Gasteiger partial charge in [0, 0.05) is 61.1 Å². The van der Waals surface area contributed by atoms with E-state index in [0.717, 1.165) is 76.4 Å². The second-order valence-electron chi connectivity index (χ2n) is 7.95. The van der Waals surface area contributed by atoms with Gasteiger partial charge in [-0.2, -0.15) is 0 Å². The predicted molar refractivity (Wildman–Crippen MR) is 119 cm³/mol. The number of rotatable bonds is 7. The molecule has 2 N–H and O–H groups in total. The number of aliphatic imine (C=N–C) groups is 1. The van der Waals surface area contributed by atoms with E-state index >= 15 is 0 Å². The van der Waals surface area contributed by atoms with Crippen molar-refractivity contribution in [2.75, 3.05) is 32.4 Å². The summed E-state index contributed by atoms with van der Waals surface area (Å²) in [6.45, 7) is 6.28. The average molecular weight is 405 g/mol. The summed E-state index contributed by atoms with van der Waals surface area (Å²) in [6, 6.07) is 9.19. The molecule has 3 atom stereocenters. The van der Waals surface area contributed by atoms with Crippen LogP contribution in [0.3, 0.4) is 0 Å². The number of nitrogens with one attached hydrogen (secondary N) is 2. The Kier molecular flexibility index (Phi) is 8.34. The number of nitrogens with zero attached hydrogens (tertiary/aromatic N) is 2. The quantitative estimate of drug-likeness (QED) is 0.417. The first-order valence-electron chi connectivity index (χ1n) is 10.8. The van der Waals surface area contributed by atoms with Crippen LogP contribution in [0.4, 0.5) is 0 Å². The minimum Gasteiger partial charge on any atom is -0.356 e. The van der Waals surface area contributed by atoms with Gasteiger partial charge in [-0.15, -0.1) is 0 Å². The van der Waals surface area contributed by atoms with Gasteiger partial charge < -0.3 is 10.6 Å². The fraction of sp³-hybridized carbons (Fsp3) is 0.682. The zero-order valence-electron chi connectivity index (χ0n) is 17.5. The van der Waals surface area contributed by atoms with Crippen LogP contribution in [0.15, 0.2) is 29.3 Å². The van der Waals surface area contributed by atoms with Gasteiger partial charge in [0.1, 0.15) is 0 Å². The topological polar surface area (TPSA) is 56.7 Å². The molecule has 1 aromatic rings. The smallest absolute Gasteiger partial charge is 0.191 e. The van der Waals surface area contributed by atoms with Gasteiger partial charge in [0.15, 0.2) is 5.96 Å². The zero-order valence-corrected chi connectivity index (χ0v) is 18.3. The summed E-state index contributed by atoms with van der Waals surface area (Å²) in [5.41, 5.74) is 2.99. The number of hydrogen-bond donors (Lipinski definition) is 2. The molecule has 0 radical (unpaired) electrons. The molecule has 156 valence electrons. The molecule has 1 aliphatic heterocycles. The van der Waals surface area contributed by atoms with Crippen molar-refractivity contribution >= 4 is 16.8 Å². The average Bonchev–Trinajstić information content (AvgIpc) is 2.75. The lowest BCUT2D eigenvalue weighted by molar-refractivity contribution is 0.251. The third-order valence-electron chi connectivity index (χ3n) is 6.00. The van der Waals surface area contributed by atoms with Gasteiger partial charge in [-0.1, -0.05) is 37.6 Å². The van der Waals surface area contributed by atoms with Crippen LogP contribution in [0.1, 0.15) is 50.2 Å². The van der Waals surface area contributed by atoms with Gasteiger partial charge in [0.2, 0.25) is 0 Å². The Hall–Kier alpha value is -1.40. The van der Waals surface area contributed by atoms with Crippen molar-refractivity contribution in [1.82, 2.24) is 15.5 Å². The standard InChI is InChI=1S/C22H36N4OS/c1-3-28(27)21-11-6-10-20(16-21)25-22(23-2)24-13-7-14-26-15-12-18-8-4-5-9-19(18)17-26/h4-5,8-9,20-21H,3,6-7,10-17H2,1-2H3,(H2,23,24,25). The van der Waals surface area contributed by atoms with E-state index in [9.17, 15) is 4.21 Å². The Bertz CT molecular complexity index is 678. The van der Waals surface area contributed by atoms with E-state index in [4.69, 9.17) is 0 Å². The van der Waals surface area contributed by atoms with E-state index in [1.165, 1.54) is 11.1 Å². The highest BCUT2D eigenvalue weighted by Crippen LogP contribution is 2.23. The number of hydrogen-bond acceptors (Lipinski definition) is 3. The summed E-state index contributed by atoms with van der Waals surface area (Å²) < 4.78 is 12.1. The van der Waals surface area contributed by atoms with E-state index < -0.39 is 10.8 Å². The maximum absolute atomic E-state index is 12.1. The van der Waals surface area contributed by atoms with Gasteiger partial charge in [0.25, 0.3) is 0 Å². The van der Waals surface area contributed by atoms with Gasteiger partial charge in [0.05, 0.1) is 0 Å². The number of benzene rings is 1. The fourth-order valence-corrected chi connectivity index (χ4v) is 5.74. The number of fused-ring (bicyclic) bond motifs is 1. The summed E-state index contributed by atoms with van der Waals surface area (Å²) in [5.74, 6) is 1.66. The largest absolute Gasteiger partial charge is 0.356 e. The molecule has 0 amide bonds. The summed E-state index contributed by atoms with van der Waals surface area (Å²) in [4.78, 5) is 6.94.